The third-order valence-electron chi connectivity index (χ3n) is 4.53. The molecule has 6 nitrogen and oxygen atoms in total. The van der Waals surface area contributed by atoms with Crippen LogP contribution in [0.1, 0.15) is 22.9 Å². The average Bonchev–Trinajstić information content (AvgIpc) is 2.72. The first-order valence-electron chi connectivity index (χ1n) is 8.95. The van der Waals surface area contributed by atoms with Crippen molar-refractivity contribution >= 4 is 22.7 Å². The molecule has 0 aliphatic heterocycles. The van der Waals surface area contributed by atoms with Gasteiger partial charge in [-0.1, -0.05) is 36.4 Å². The number of aliphatic hydroxyl groups is 1. The van der Waals surface area contributed by atoms with E-state index in [9.17, 15) is 27.9 Å². The molecule has 2 atom stereocenters. The molecule has 0 saturated heterocycles. The van der Waals surface area contributed by atoms with Crippen LogP contribution in [-0.2, 0) is 22.2 Å². The molecule has 2 aromatic carbocycles. The molecule has 30 heavy (non-hydrogen) atoms. The fourth-order valence-corrected chi connectivity index (χ4v) is 2.91. The van der Waals surface area contributed by atoms with Gasteiger partial charge in [-0.05, 0) is 29.8 Å². The van der Waals surface area contributed by atoms with Crippen LogP contribution >= 0.6 is 0 Å². The van der Waals surface area contributed by atoms with Gasteiger partial charge in [-0.15, -0.1) is 0 Å². The molecule has 156 valence electrons. The molecule has 4 N–H and O–H groups in total. The number of rotatable bonds is 6. The highest BCUT2D eigenvalue weighted by Gasteiger charge is 2.31. The van der Waals surface area contributed by atoms with E-state index < -0.39 is 35.7 Å². The number of carbonyl (C=O) groups is 2. The Kier molecular flexibility index (Phi) is 6.02. The van der Waals surface area contributed by atoms with Crippen LogP contribution < -0.4 is 11.1 Å². The van der Waals surface area contributed by atoms with Crippen molar-refractivity contribution in [3.8, 4) is 0 Å². The van der Waals surface area contributed by atoms with Crippen molar-refractivity contribution in [2.75, 3.05) is 0 Å². The summed E-state index contributed by atoms with van der Waals surface area (Å²) in [6.07, 6.45) is -6.31. The first kappa shape index (κ1) is 21.3. The fourth-order valence-electron chi connectivity index (χ4n) is 2.91. The van der Waals surface area contributed by atoms with Crippen molar-refractivity contribution in [2.24, 2.45) is 5.73 Å². The van der Waals surface area contributed by atoms with Crippen molar-refractivity contribution in [3.63, 3.8) is 0 Å². The average molecular weight is 417 g/mol. The number of nitrogens with two attached hydrogens (primary N) is 1. The predicted molar refractivity (Wildman–Crippen MR) is 103 cm³/mol. The maximum Gasteiger partial charge on any atom is 0.416 e. The minimum Gasteiger partial charge on any atom is -0.378 e. The third-order valence-corrected chi connectivity index (χ3v) is 4.53. The van der Waals surface area contributed by atoms with Crippen molar-refractivity contribution in [2.45, 2.75) is 24.7 Å². The smallest absolute Gasteiger partial charge is 0.378 e. The molecule has 1 aromatic heterocycles. The van der Waals surface area contributed by atoms with Crippen LogP contribution in [-0.4, -0.2) is 27.9 Å². The van der Waals surface area contributed by atoms with Gasteiger partial charge >= 0.3 is 6.18 Å². The number of hydrogen-bond acceptors (Lipinski definition) is 4. The summed E-state index contributed by atoms with van der Waals surface area (Å²) in [4.78, 5) is 28.5. The van der Waals surface area contributed by atoms with Crippen LogP contribution in [0.4, 0.5) is 13.2 Å². The second-order valence-electron chi connectivity index (χ2n) is 6.69. The summed E-state index contributed by atoms with van der Waals surface area (Å²) in [5.41, 5.74) is 5.61. The second kappa shape index (κ2) is 8.50. The number of halogens is 3. The molecule has 0 unspecified atom stereocenters. The zero-order valence-electron chi connectivity index (χ0n) is 15.6. The molecule has 0 bridgehead atoms. The fraction of sp³-hybridized carbons (Fsp3) is 0.190. The van der Waals surface area contributed by atoms with E-state index in [2.05, 4.69) is 10.3 Å². The van der Waals surface area contributed by atoms with Gasteiger partial charge in [0.25, 0.3) is 5.91 Å². The number of fused-ring (bicyclic) bond motifs is 1. The van der Waals surface area contributed by atoms with Crippen molar-refractivity contribution in [3.05, 3.63) is 77.5 Å². The Labute approximate surface area is 169 Å². The first-order chi connectivity index (χ1) is 14.1. The summed E-state index contributed by atoms with van der Waals surface area (Å²) in [5, 5.41) is 13.4. The molecule has 0 saturated carbocycles. The van der Waals surface area contributed by atoms with Crippen LogP contribution in [0.25, 0.3) is 10.9 Å². The van der Waals surface area contributed by atoms with Crippen molar-refractivity contribution in [1.82, 2.24) is 10.3 Å². The number of amides is 2. The molecule has 0 radical (unpaired) electrons. The molecule has 0 spiro atoms. The number of alkyl halides is 3. The molecule has 0 aliphatic carbocycles. The Bertz CT molecular complexity index is 1070. The number of para-hydroxylation sites is 1. The van der Waals surface area contributed by atoms with E-state index in [1.165, 1.54) is 0 Å². The third kappa shape index (κ3) is 4.93. The number of nitrogens with zero attached hydrogens (tertiary/aromatic N) is 1. The lowest BCUT2D eigenvalue weighted by Crippen LogP contribution is -2.47. The van der Waals surface area contributed by atoms with Gasteiger partial charge in [0, 0.05) is 17.5 Å². The standard InChI is InChI=1S/C21H18F3N3O3/c22-21(23,24)14-8-5-13(6-9-14)18(28)20(30)27-17(19(25)29)11-15-10-7-12-3-1-2-4-16(12)26-15/h1-10,17-18,28H,11H2,(H2,25,29)(H,27,30)/t17-,18+/m1/s1. The Morgan fingerprint density at radius 2 is 1.70 bits per heavy atom. The van der Waals surface area contributed by atoms with Gasteiger partial charge in [0.05, 0.1) is 11.1 Å². The molecule has 1 heterocycles. The van der Waals surface area contributed by atoms with Crippen LogP contribution in [0.2, 0.25) is 0 Å². The highest BCUT2D eigenvalue weighted by atomic mass is 19.4. The number of aromatic nitrogens is 1. The van der Waals surface area contributed by atoms with E-state index >= 15 is 0 Å². The molecular weight excluding hydrogens is 399 g/mol. The van der Waals surface area contributed by atoms with Crippen LogP contribution in [0.5, 0.6) is 0 Å². The Morgan fingerprint density at radius 3 is 2.33 bits per heavy atom. The summed E-state index contributed by atoms with van der Waals surface area (Å²) in [5.74, 6) is -1.79. The maximum atomic E-state index is 12.6. The van der Waals surface area contributed by atoms with E-state index in [4.69, 9.17) is 5.73 Å². The van der Waals surface area contributed by atoms with E-state index in [-0.39, 0.29) is 12.0 Å². The van der Waals surface area contributed by atoms with Gasteiger partial charge in [0.1, 0.15) is 6.04 Å². The van der Waals surface area contributed by atoms with Crippen molar-refractivity contribution in [1.29, 1.82) is 0 Å². The maximum absolute atomic E-state index is 12.6. The molecule has 2 amide bonds. The summed E-state index contributed by atoms with van der Waals surface area (Å²) < 4.78 is 37.9. The van der Waals surface area contributed by atoms with Gasteiger partial charge in [0.2, 0.25) is 5.91 Å². The Morgan fingerprint density at radius 1 is 1.03 bits per heavy atom. The van der Waals surface area contributed by atoms with Crippen molar-refractivity contribution < 1.29 is 27.9 Å². The zero-order valence-corrected chi connectivity index (χ0v) is 15.6. The number of benzene rings is 2. The number of pyridine rings is 1. The molecular formula is C21H18F3N3O3. The number of aliphatic hydroxyl groups excluding tert-OH is 1. The Balaban J connectivity index is 1.72. The Hall–Kier alpha value is -3.46. The lowest BCUT2D eigenvalue weighted by atomic mass is 10.0. The summed E-state index contributed by atoms with van der Waals surface area (Å²) in [7, 11) is 0. The normalized spacial score (nSPS) is 13.6. The van der Waals surface area contributed by atoms with Gasteiger partial charge in [-0.2, -0.15) is 13.2 Å². The summed E-state index contributed by atoms with van der Waals surface area (Å²) in [6.45, 7) is 0. The summed E-state index contributed by atoms with van der Waals surface area (Å²) in [6, 6.07) is 13.2. The van der Waals surface area contributed by atoms with Gasteiger partial charge in [-0.3, -0.25) is 14.6 Å². The quantitative estimate of drug-likeness (QED) is 0.573. The first-order valence-corrected chi connectivity index (χ1v) is 8.95. The summed E-state index contributed by atoms with van der Waals surface area (Å²) >= 11 is 0. The van der Waals surface area contributed by atoms with E-state index in [1.807, 2.05) is 24.3 Å². The van der Waals surface area contributed by atoms with Gasteiger partial charge < -0.3 is 16.2 Å². The SMILES string of the molecule is NC(=O)[C@@H](Cc1ccc2ccccc2n1)NC(=O)[C@@H](O)c1ccc(C(F)(F)F)cc1. The van der Waals surface area contributed by atoms with E-state index in [1.54, 1.807) is 12.1 Å². The van der Waals surface area contributed by atoms with Gasteiger partial charge in [0.15, 0.2) is 6.10 Å². The molecule has 0 aliphatic rings. The number of primary amides is 1. The minimum atomic E-state index is -4.53. The minimum absolute atomic E-state index is 0.00829. The topological polar surface area (TPSA) is 105 Å². The molecule has 0 fully saturated rings. The molecule has 3 rings (SSSR count). The molecule has 9 heteroatoms. The lowest BCUT2D eigenvalue weighted by molar-refractivity contribution is -0.137. The monoisotopic (exact) mass is 417 g/mol. The number of carbonyl (C=O) groups excluding carboxylic acids is 2. The van der Waals surface area contributed by atoms with Crippen LogP contribution in [0, 0.1) is 0 Å². The molecule has 3 aromatic rings. The van der Waals surface area contributed by atoms with Crippen LogP contribution in [0.3, 0.4) is 0 Å². The highest BCUT2D eigenvalue weighted by molar-refractivity contribution is 5.89. The van der Waals surface area contributed by atoms with E-state index in [0.717, 1.165) is 29.7 Å². The van der Waals surface area contributed by atoms with E-state index in [0.29, 0.717) is 11.2 Å². The second-order valence-corrected chi connectivity index (χ2v) is 6.69. The lowest BCUT2D eigenvalue weighted by Gasteiger charge is -2.18. The number of hydrogen-bond donors (Lipinski definition) is 3. The highest BCUT2D eigenvalue weighted by Crippen LogP contribution is 2.30. The predicted octanol–water partition coefficient (Wildman–Crippen LogP) is 2.50. The van der Waals surface area contributed by atoms with Crippen LogP contribution in [0.15, 0.2) is 60.7 Å². The zero-order chi connectivity index (χ0) is 21.9. The van der Waals surface area contributed by atoms with Gasteiger partial charge in [-0.25, -0.2) is 0 Å². The number of nitrogens with one attached hydrogen (secondary N) is 1. The largest absolute Gasteiger partial charge is 0.416 e.